The van der Waals surface area contributed by atoms with E-state index < -0.39 is 27.0 Å². The van der Waals surface area contributed by atoms with Gasteiger partial charge >= 0.3 is 147 Å². The fourth-order valence-corrected chi connectivity index (χ4v) is 24.2. The molecule has 1 saturated heterocycles. The van der Waals surface area contributed by atoms with E-state index >= 15 is 0 Å². The molecule has 0 amide bonds. The van der Waals surface area contributed by atoms with Crippen LogP contribution in [0.25, 0.3) is 0 Å². The van der Waals surface area contributed by atoms with Gasteiger partial charge in [-0.1, -0.05) is 288 Å². The fourth-order valence-electron chi connectivity index (χ4n) is 19.1. The van der Waals surface area contributed by atoms with Gasteiger partial charge in [-0.05, 0) is 162 Å². The summed E-state index contributed by atoms with van der Waals surface area (Å²) in [7, 11) is 31.4. The molecule has 15 rings (SSSR count). The predicted octanol–water partition coefficient (Wildman–Crippen LogP) is 30.5. The summed E-state index contributed by atoms with van der Waals surface area (Å²) in [6, 6.07) is 28.9. The zero-order valence-corrected chi connectivity index (χ0v) is 83.7. The van der Waals surface area contributed by atoms with Crippen molar-refractivity contribution in [3.8, 4) is 0 Å². The molecule has 14 heteroatoms. The van der Waals surface area contributed by atoms with Crippen molar-refractivity contribution in [3.63, 3.8) is 0 Å². The average Bonchev–Trinajstić information content (AvgIpc) is 1.79. The Balaban J connectivity index is 0.000000315. The van der Waals surface area contributed by atoms with E-state index in [0.29, 0.717) is 0 Å². The molecule has 9 aliphatic carbocycles. The van der Waals surface area contributed by atoms with E-state index in [0.717, 1.165) is 63.6 Å². The molecular formula is C95H157Cl5I2N2P3Ru2-. The number of hydrogen-bond donors (Lipinski definition) is 0. The summed E-state index contributed by atoms with van der Waals surface area (Å²) in [5.74, 6) is 6.83. The van der Waals surface area contributed by atoms with Gasteiger partial charge in [0, 0.05) is 66.9 Å². The SMILES string of the molecule is C.C1CCC(C2CCCCC2)CC1.C1CCC(C2CCCCC2)CC1.C1CCC(C2CCCCC2)CC1.Cc1cc(C)c(N2[CH-]CCC2)c(C)c1.Cc1cc(C)c([N+]2=CCCC2)c(C)c1.II.PC1CCCCC1.PC1CCCCC1.PC1CCCCC1.[Cl-].[Cl][Ru]([Cl])=[CH]c1ccccc1.[Cl][Ru]([Cl])=[CH]c1ccccc1. The molecule has 10 fully saturated rings. The maximum absolute atomic E-state index is 5.67. The number of rotatable bonds is 7. The van der Waals surface area contributed by atoms with Crippen LogP contribution in [0.2, 0.25) is 0 Å². The standard InChI is InChI=1S/2C13H18N.3C12H22.2C7H6.3C6H13P.CH4.5ClH.I2.2Ru/c2*1-10-8-11(2)13(12(3)9-10)14-6-4-5-7-14;3*1-3-7-11(8-4-1)12-9-5-2-6-10-12;2*1-7-5-3-2-4-6-7;3*7-6-4-2-1-3-5-6;;;;;;;1-2;;/h2*6,8-9H,4-5,7H2,1-3H3;3*11-12H,1-10H2;2*1-6H;3*6H,1-5,7H2;1H4;5*1H;;;/q-1;+1;;;;;;;;;;;;;;;;2*+2/p-5. The van der Waals surface area contributed by atoms with Gasteiger partial charge in [0.05, 0.1) is 0 Å². The molecule has 3 unspecified atom stereocenters. The summed E-state index contributed by atoms with van der Waals surface area (Å²) < 4.78 is 6.26. The number of benzene rings is 4. The van der Waals surface area contributed by atoms with Crippen LogP contribution in [-0.2, 0) is 27.0 Å². The second-order valence-electron chi connectivity index (χ2n) is 33.5. The Labute approximate surface area is 736 Å². The third-order valence-electron chi connectivity index (χ3n) is 24.6. The zero-order chi connectivity index (χ0) is 77.1. The Morgan fingerprint density at radius 3 is 0.844 bits per heavy atom. The van der Waals surface area contributed by atoms with Crippen LogP contribution in [-0.4, -0.2) is 50.1 Å². The molecule has 109 heavy (non-hydrogen) atoms. The molecule has 4 aromatic rings. The molecule has 0 radical (unpaired) electrons. The molecule has 0 bridgehead atoms. The van der Waals surface area contributed by atoms with Gasteiger partial charge in [0.2, 0.25) is 5.69 Å². The van der Waals surface area contributed by atoms with Crippen LogP contribution in [0.3, 0.4) is 0 Å². The first kappa shape index (κ1) is 105. The van der Waals surface area contributed by atoms with Gasteiger partial charge in [-0.2, -0.15) is 6.42 Å². The Morgan fingerprint density at radius 1 is 0.376 bits per heavy atom. The number of anilines is 1. The van der Waals surface area contributed by atoms with Crippen molar-refractivity contribution in [2.45, 2.75) is 381 Å². The van der Waals surface area contributed by atoms with Gasteiger partial charge in [0.1, 0.15) is 12.8 Å². The van der Waals surface area contributed by atoms with Crippen LogP contribution < -0.4 is 17.3 Å². The monoisotopic (exact) mass is 2050 g/mol. The summed E-state index contributed by atoms with van der Waals surface area (Å²) >= 11 is 1.01. The average molecular weight is 2050 g/mol. The number of nitrogens with zero attached hydrogens (tertiary/aromatic N) is 2. The first-order chi connectivity index (χ1) is 52.0. The molecule has 628 valence electrons. The van der Waals surface area contributed by atoms with Crippen LogP contribution in [0, 0.1) is 83.6 Å². The van der Waals surface area contributed by atoms with Crippen LogP contribution in [0.4, 0.5) is 11.4 Å². The van der Waals surface area contributed by atoms with E-state index in [4.69, 9.17) is 38.8 Å². The summed E-state index contributed by atoms with van der Waals surface area (Å²) in [6.45, 7) is 17.9. The van der Waals surface area contributed by atoms with Gasteiger partial charge in [-0.15, -0.1) is 27.7 Å². The van der Waals surface area contributed by atoms with Crippen LogP contribution >= 0.6 is 104 Å². The normalized spacial score (nSPS) is 20.6. The first-order valence-electron chi connectivity index (χ1n) is 43.6. The Bertz CT molecular complexity index is 2690. The van der Waals surface area contributed by atoms with E-state index in [1.54, 1.807) is 77.0 Å². The molecule has 0 spiro atoms. The van der Waals surface area contributed by atoms with Crippen molar-refractivity contribution in [1.82, 2.24) is 0 Å². The summed E-state index contributed by atoms with van der Waals surface area (Å²) in [4.78, 5) is 2.41. The summed E-state index contributed by atoms with van der Waals surface area (Å²) in [6.07, 6.45) is 75.5. The van der Waals surface area contributed by atoms with E-state index in [1.807, 2.05) is 69.9 Å². The molecule has 11 aliphatic rings. The Kier molecular flexibility index (Phi) is 63.7. The van der Waals surface area contributed by atoms with Gasteiger partial charge < -0.3 is 17.3 Å². The minimum atomic E-state index is -1.61. The molecule has 0 N–H and O–H groups in total. The third-order valence-corrected chi connectivity index (χ3v) is 30.3. The van der Waals surface area contributed by atoms with Crippen molar-refractivity contribution in [1.29, 1.82) is 0 Å². The molecule has 9 saturated carbocycles. The summed E-state index contributed by atoms with van der Waals surface area (Å²) in [5, 5.41) is 0. The number of aryl methyl sites for hydroxylation is 6. The molecule has 4 aromatic carbocycles. The van der Waals surface area contributed by atoms with E-state index in [9.17, 15) is 0 Å². The quantitative estimate of drug-likeness (QED) is 0.0588. The van der Waals surface area contributed by atoms with Crippen molar-refractivity contribution in [2.24, 2.45) is 35.5 Å². The van der Waals surface area contributed by atoms with Crippen molar-refractivity contribution in [2.75, 3.05) is 18.0 Å². The van der Waals surface area contributed by atoms with Crippen molar-refractivity contribution < 1.29 is 44.0 Å². The van der Waals surface area contributed by atoms with Crippen LogP contribution in [0.1, 0.15) is 367 Å². The van der Waals surface area contributed by atoms with E-state index in [2.05, 4.69) is 153 Å². The van der Waals surface area contributed by atoms with Crippen molar-refractivity contribution in [3.05, 3.63) is 136 Å². The van der Waals surface area contributed by atoms with Crippen molar-refractivity contribution >= 4 is 131 Å². The van der Waals surface area contributed by atoms with Crippen LogP contribution in [0.5, 0.6) is 0 Å². The molecule has 3 atom stereocenters. The molecule has 2 aliphatic heterocycles. The van der Waals surface area contributed by atoms with Gasteiger partial charge in [-0.25, -0.2) is 11.1 Å². The third kappa shape index (κ3) is 47.4. The topological polar surface area (TPSA) is 6.25 Å². The molecule has 0 aromatic heterocycles. The molecular weight excluding hydrogens is 1900 g/mol. The number of halogens is 7. The molecule has 2 heterocycles. The minimum absolute atomic E-state index is 0. The first-order valence-corrected chi connectivity index (χ1v) is 62.8. The van der Waals surface area contributed by atoms with E-state index in [1.165, 1.54) is 295 Å². The fraction of sp³-hybridized carbons (Fsp3) is 0.705. The van der Waals surface area contributed by atoms with Gasteiger partial charge in [0.25, 0.3) is 0 Å². The second kappa shape index (κ2) is 66.3. The van der Waals surface area contributed by atoms with E-state index in [-0.39, 0.29) is 19.8 Å². The second-order valence-corrected chi connectivity index (χ2v) is 47.8. The Morgan fingerprint density at radius 2 is 0.633 bits per heavy atom. The number of hydrogen-bond acceptors (Lipinski definition) is 1. The van der Waals surface area contributed by atoms with Crippen LogP contribution in [0.15, 0.2) is 84.9 Å². The predicted molar refractivity (Wildman–Crippen MR) is 513 cm³/mol. The maximum atomic E-state index is 5.67. The van der Waals surface area contributed by atoms with Gasteiger partial charge in [0.15, 0.2) is 0 Å². The van der Waals surface area contributed by atoms with Gasteiger partial charge in [-0.3, -0.25) is 0 Å². The Hall–Kier alpha value is 1.54. The molecule has 2 nitrogen and oxygen atoms in total. The summed E-state index contributed by atoms with van der Waals surface area (Å²) in [5.41, 5.74) is 16.3. The zero-order valence-electron chi connectivity index (χ0n) is 68.6.